The minimum absolute atomic E-state index is 0.0798. The van der Waals surface area contributed by atoms with E-state index >= 15 is 0 Å². The molecule has 4 rings (SSSR count). The monoisotopic (exact) mass is 469 g/mol. The first-order chi connectivity index (χ1) is 15.2. The smallest absolute Gasteiger partial charge is 0.244 e. The van der Waals surface area contributed by atoms with Crippen LogP contribution in [0.25, 0.3) is 10.2 Å². The van der Waals surface area contributed by atoms with Crippen LogP contribution in [-0.4, -0.2) is 30.0 Å². The Morgan fingerprint density at radius 1 is 1.09 bits per heavy atom. The third kappa shape index (κ3) is 4.68. The number of anilines is 1. The van der Waals surface area contributed by atoms with Gasteiger partial charge in [-0.2, -0.15) is 0 Å². The van der Waals surface area contributed by atoms with E-state index in [0.29, 0.717) is 10.8 Å². The predicted molar refractivity (Wildman–Crippen MR) is 123 cm³/mol. The van der Waals surface area contributed by atoms with Gasteiger partial charge in [0.05, 0.1) is 27.4 Å². The molecule has 2 aromatic carbocycles. The molecule has 1 amide bonds. The van der Waals surface area contributed by atoms with Gasteiger partial charge in [0.1, 0.15) is 11.6 Å². The van der Waals surface area contributed by atoms with Crippen molar-refractivity contribution in [2.45, 2.75) is 25.3 Å². The Morgan fingerprint density at radius 3 is 2.53 bits per heavy atom. The van der Waals surface area contributed by atoms with Crippen LogP contribution >= 0.6 is 11.3 Å². The Labute approximate surface area is 189 Å². The molecule has 4 aromatic rings. The summed E-state index contributed by atoms with van der Waals surface area (Å²) in [5, 5.41) is 0.402. The Hall–Kier alpha value is -3.17. The quantitative estimate of drug-likeness (QED) is 0.390. The number of nitrogens with zero attached hydrogens (tertiary/aromatic N) is 3. The number of thiazole rings is 1. The Balaban J connectivity index is 1.71. The lowest BCUT2D eigenvalue weighted by Gasteiger charge is -2.19. The summed E-state index contributed by atoms with van der Waals surface area (Å²) in [7, 11) is -3.97. The van der Waals surface area contributed by atoms with Gasteiger partial charge in [-0.25, -0.2) is 17.8 Å². The molecule has 6 nitrogen and oxygen atoms in total. The maximum absolute atomic E-state index is 13.2. The first kappa shape index (κ1) is 22.0. The minimum atomic E-state index is -3.97. The van der Waals surface area contributed by atoms with Crippen LogP contribution in [0.4, 0.5) is 9.52 Å². The van der Waals surface area contributed by atoms with Crippen LogP contribution in [0.1, 0.15) is 16.8 Å². The molecule has 164 valence electrons. The van der Waals surface area contributed by atoms with E-state index in [9.17, 15) is 17.6 Å². The summed E-state index contributed by atoms with van der Waals surface area (Å²) in [6.07, 6.45) is 1.61. The summed E-state index contributed by atoms with van der Waals surface area (Å²) in [6.45, 7) is 4.01. The van der Waals surface area contributed by atoms with E-state index in [2.05, 4.69) is 9.97 Å². The van der Waals surface area contributed by atoms with Gasteiger partial charge in [-0.1, -0.05) is 23.5 Å². The molecule has 0 aliphatic heterocycles. The van der Waals surface area contributed by atoms with E-state index in [1.54, 1.807) is 24.4 Å². The molecular formula is C23H20FN3O3S2. The number of aryl methyl sites for hydroxylation is 2. The van der Waals surface area contributed by atoms with Crippen molar-refractivity contribution >= 4 is 42.4 Å². The number of carbonyl (C=O) groups is 1. The fourth-order valence-electron chi connectivity index (χ4n) is 3.36. The van der Waals surface area contributed by atoms with Crippen molar-refractivity contribution < 1.29 is 17.6 Å². The van der Waals surface area contributed by atoms with E-state index in [4.69, 9.17) is 0 Å². The van der Waals surface area contributed by atoms with E-state index in [-0.39, 0.29) is 11.4 Å². The molecule has 0 atom stereocenters. The molecule has 32 heavy (non-hydrogen) atoms. The molecule has 0 N–H and O–H groups in total. The van der Waals surface area contributed by atoms with Gasteiger partial charge < -0.3 is 0 Å². The summed E-state index contributed by atoms with van der Waals surface area (Å²) in [5.74, 6) is -1.94. The van der Waals surface area contributed by atoms with Crippen LogP contribution < -0.4 is 4.90 Å². The van der Waals surface area contributed by atoms with Crippen molar-refractivity contribution in [3.8, 4) is 0 Å². The van der Waals surface area contributed by atoms with E-state index < -0.39 is 27.3 Å². The zero-order valence-electron chi connectivity index (χ0n) is 17.4. The number of fused-ring (bicyclic) bond motifs is 1. The number of benzene rings is 2. The molecule has 0 saturated carbocycles. The molecule has 0 radical (unpaired) electrons. The predicted octanol–water partition coefficient (Wildman–Crippen LogP) is 4.45. The number of sulfone groups is 1. The summed E-state index contributed by atoms with van der Waals surface area (Å²) in [5.41, 5.74) is 3.43. The van der Waals surface area contributed by atoms with E-state index in [0.717, 1.165) is 45.6 Å². The number of carbonyl (C=O) groups excluding carboxylic acids is 1. The molecule has 0 unspecified atom stereocenters. The second kappa shape index (κ2) is 8.76. The van der Waals surface area contributed by atoms with Gasteiger partial charge in [0.15, 0.2) is 15.0 Å². The third-order valence-corrected chi connectivity index (χ3v) is 7.53. The second-order valence-corrected chi connectivity index (χ2v) is 10.4. The second-order valence-electron chi connectivity index (χ2n) is 7.44. The first-order valence-electron chi connectivity index (χ1n) is 9.79. The molecule has 2 heterocycles. The number of hydrogen-bond donors (Lipinski definition) is 0. The fourth-order valence-corrected chi connectivity index (χ4v) is 5.71. The maximum Gasteiger partial charge on any atom is 0.244 e. The summed E-state index contributed by atoms with van der Waals surface area (Å²) in [4.78, 5) is 23.4. The van der Waals surface area contributed by atoms with Crippen molar-refractivity contribution in [3.63, 3.8) is 0 Å². The fraction of sp³-hybridized carbons (Fsp3) is 0.174. The molecule has 0 aliphatic carbocycles. The summed E-state index contributed by atoms with van der Waals surface area (Å²) in [6, 6.07) is 13.7. The van der Waals surface area contributed by atoms with E-state index in [1.165, 1.54) is 16.2 Å². The van der Waals surface area contributed by atoms with Crippen LogP contribution in [0.5, 0.6) is 0 Å². The SMILES string of the molecule is Cc1cc(C)c2nc(N(Cc3ccccn3)C(=O)CS(=O)(=O)c3ccc(F)cc3)sc2c1. The molecule has 0 fully saturated rings. The highest BCUT2D eigenvalue weighted by atomic mass is 32.2. The van der Waals surface area contributed by atoms with Crippen molar-refractivity contribution in [3.05, 3.63) is 83.4 Å². The number of halogens is 1. The Morgan fingerprint density at radius 2 is 1.84 bits per heavy atom. The molecule has 0 bridgehead atoms. The van der Waals surface area contributed by atoms with Crippen LogP contribution in [-0.2, 0) is 21.2 Å². The number of amides is 1. The van der Waals surface area contributed by atoms with Crippen molar-refractivity contribution in [1.82, 2.24) is 9.97 Å². The normalized spacial score (nSPS) is 11.6. The zero-order chi connectivity index (χ0) is 22.9. The lowest BCUT2D eigenvalue weighted by molar-refractivity contribution is -0.116. The topological polar surface area (TPSA) is 80.2 Å². The molecular weight excluding hydrogens is 449 g/mol. The summed E-state index contributed by atoms with van der Waals surface area (Å²) >= 11 is 1.33. The highest BCUT2D eigenvalue weighted by Gasteiger charge is 2.27. The highest BCUT2D eigenvalue weighted by Crippen LogP contribution is 2.32. The maximum atomic E-state index is 13.2. The van der Waals surface area contributed by atoms with Gasteiger partial charge >= 0.3 is 0 Å². The van der Waals surface area contributed by atoms with Gasteiger partial charge in [0, 0.05) is 6.20 Å². The van der Waals surface area contributed by atoms with Gasteiger partial charge in [-0.3, -0.25) is 14.7 Å². The number of hydrogen-bond acceptors (Lipinski definition) is 6. The van der Waals surface area contributed by atoms with Gasteiger partial charge in [0.2, 0.25) is 5.91 Å². The van der Waals surface area contributed by atoms with Crippen LogP contribution in [0, 0.1) is 19.7 Å². The van der Waals surface area contributed by atoms with Gasteiger partial charge in [-0.15, -0.1) is 0 Å². The number of aromatic nitrogens is 2. The van der Waals surface area contributed by atoms with Crippen LogP contribution in [0.3, 0.4) is 0 Å². The van der Waals surface area contributed by atoms with Gasteiger partial charge in [-0.05, 0) is 67.4 Å². The average Bonchev–Trinajstić information content (AvgIpc) is 3.16. The zero-order valence-corrected chi connectivity index (χ0v) is 19.1. The average molecular weight is 470 g/mol. The molecule has 9 heteroatoms. The molecule has 0 saturated heterocycles. The van der Waals surface area contributed by atoms with Crippen molar-refractivity contribution in [2.24, 2.45) is 0 Å². The van der Waals surface area contributed by atoms with Gasteiger partial charge in [0.25, 0.3) is 0 Å². The Kier molecular flexibility index (Phi) is 6.03. The lowest BCUT2D eigenvalue weighted by atomic mass is 10.1. The molecule has 0 aliphatic rings. The largest absolute Gasteiger partial charge is 0.281 e. The molecule has 0 spiro atoms. The lowest BCUT2D eigenvalue weighted by Crippen LogP contribution is -2.35. The summed E-state index contributed by atoms with van der Waals surface area (Å²) < 4.78 is 39.7. The Bertz CT molecular complexity index is 1390. The van der Waals surface area contributed by atoms with Crippen molar-refractivity contribution in [2.75, 3.05) is 10.7 Å². The highest BCUT2D eigenvalue weighted by molar-refractivity contribution is 7.92. The van der Waals surface area contributed by atoms with Crippen LogP contribution in [0.2, 0.25) is 0 Å². The van der Waals surface area contributed by atoms with Crippen molar-refractivity contribution in [1.29, 1.82) is 0 Å². The number of rotatable bonds is 6. The van der Waals surface area contributed by atoms with E-state index in [1.807, 2.05) is 26.0 Å². The molecule has 2 aromatic heterocycles. The van der Waals surface area contributed by atoms with Crippen LogP contribution in [0.15, 0.2) is 65.7 Å². The first-order valence-corrected chi connectivity index (χ1v) is 12.3. The minimum Gasteiger partial charge on any atom is -0.281 e. The standard InChI is InChI=1S/C23H20FN3O3S2/c1-15-11-16(2)22-20(12-15)31-23(26-22)27(13-18-5-3-4-10-25-18)21(28)14-32(29,30)19-8-6-17(24)7-9-19/h3-12H,13-14H2,1-2H3. The number of pyridine rings is 1. The third-order valence-electron chi connectivity index (χ3n) is 4.88.